The number of hydrogen-bond donors (Lipinski definition) is 0. The van der Waals surface area contributed by atoms with Crippen molar-refractivity contribution in [2.75, 3.05) is 0 Å². The largest absolute Gasteiger partial charge is 0.0654 e. The van der Waals surface area contributed by atoms with Crippen molar-refractivity contribution in [3.8, 4) is 55.6 Å². The van der Waals surface area contributed by atoms with Gasteiger partial charge in [0.1, 0.15) is 0 Å². The van der Waals surface area contributed by atoms with Gasteiger partial charge in [0.15, 0.2) is 0 Å². The zero-order chi connectivity index (χ0) is 60.6. The van der Waals surface area contributed by atoms with E-state index in [-0.39, 0.29) is 16.2 Å². The lowest BCUT2D eigenvalue weighted by Crippen LogP contribution is -2.26. The highest BCUT2D eigenvalue weighted by molar-refractivity contribution is 5.89. The Balaban J connectivity index is 1.13. The maximum atomic E-state index is 2.77. The van der Waals surface area contributed by atoms with Gasteiger partial charge in [-0.3, -0.25) is 0 Å². The molecule has 0 nitrogen and oxygen atoms in total. The second kappa shape index (κ2) is 34.5. The molecular weight excluding hydrogens is 1040 g/mol. The van der Waals surface area contributed by atoms with Crippen molar-refractivity contribution >= 4 is 0 Å². The lowest BCUT2D eigenvalue weighted by atomic mass is 9.69. The van der Waals surface area contributed by atoms with Gasteiger partial charge in [-0.15, -0.1) is 0 Å². The van der Waals surface area contributed by atoms with Gasteiger partial charge in [-0.1, -0.05) is 370 Å². The van der Waals surface area contributed by atoms with Crippen LogP contribution in [0.3, 0.4) is 0 Å². The Kier molecular flexibility index (Phi) is 26.5. The molecule has 3 aliphatic carbocycles. The molecule has 470 valence electrons. The summed E-state index contributed by atoms with van der Waals surface area (Å²) in [6, 6.07) is 50.8. The van der Waals surface area contributed by atoms with Gasteiger partial charge in [0.05, 0.1) is 0 Å². The smallest absolute Gasteiger partial charge is 0.0215 e. The normalized spacial score (nSPS) is 14.5. The Labute approximate surface area is 534 Å². The molecule has 0 heterocycles. The van der Waals surface area contributed by atoms with E-state index in [0.29, 0.717) is 0 Å². The quantitative estimate of drug-likeness (QED) is 0.0335. The molecule has 0 aromatic heterocycles. The first-order valence-electron chi connectivity index (χ1n) is 37.7. The van der Waals surface area contributed by atoms with E-state index in [1.54, 1.807) is 33.4 Å². The Morgan fingerprint density at radius 1 is 0.184 bits per heavy atom. The lowest BCUT2D eigenvalue weighted by Gasteiger charge is -2.34. The highest BCUT2D eigenvalue weighted by Gasteiger charge is 2.46. The first-order chi connectivity index (χ1) is 42.9. The summed E-state index contributed by atoms with van der Waals surface area (Å²) in [4.78, 5) is 0. The standard InChI is InChI=1S/C87H122/c1-7-13-19-25-31-41-59-85(60-42-32-26-20-14-8-2)79-49-39-37-47-73(79)75-55-51-69(65-81(75)85)71-53-57-77-78-58-54-72(68-84(78)87(83(77)67-71,63-45-35-29-23-17-11-5)64-46-36-30-24-18-12-6)70-52-56-76-74-48-38-40-50-80(74)86(82(76)66-70,61-43-33-27-21-15-9-3)62-44-34-28-22-16-10-4/h37-40,47-58,65-68H,7-36,41-46,59-64H2,1-6H3. The van der Waals surface area contributed by atoms with E-state index in [1.165, 1.54) is 325 Å². The van der Waals surface area contributed by atoms with Gasteiger partial charge in [0.25, 0.3) is 0 Å². The number of benzene rings is 6. The summed E-state index contributed by atoms with van der Waals surface area (Å²) < 4.78 is 0. The zero-order valence-corrected chi connectivity index (χ0v) is 56.7. The Hall–Kier alpha value is -4.68. The SMILES string of the molecule is CCCCCCCCC1(CCCCCCCC)c2ccccc2-c2ccc(-c3ccc4c(c3)C(CCCCCCCC)(CCCCCCCC)c3cc(-c5ccc6c(c5)C(CCCCCCCC)(CCCCCCCC)c5ccccc5-6)ccc3-4)cc21. The minimum atomic E-state index is -0.0231. The maximum Gasteiger partial charge on any atom is 0.0215 e. The third kappa shape index (κ3) is 15.9. The number of unbranched alkanes of at least 4 members (excludes halogenated alkanes) is 30. The van der Waals surface area contributed by atoms with Crippen LogP contribution in [0.25, 0.3) is 55.6 Å². The minimum absolute atomic E-state index is 0.0231. The average molecular weight is 1170 g/mol. The van der Waals surface area contributed by atoms with E-state index in [4.69, 9.17) is 0 Å². The number of rotatable bonds is 44. The molecule has 0 bridgehead atoms. The molecule has 87 heavy (non-hydrogen) atoms. The third-order valence-electron chi connectivity index (χ3n) is 22.3. The molecule has 0 amide bonds. The second-order valence-electron chi connectivity index (χ2n) is 28.5. The van der Waals surface area contributed by atoms with Crippen molar-refractivity contribution in [2.45, 2.75) is 327 Å². The molecule has 0 saturated heterocycles. The molecular formula is C87H122. The van der Waals surface area contributed by atoms with Crippen molar-refractivity contribution < 1.29 is 0 Å². The molecule has 9 rings (SSSR count). The summed E-state index contributed by atoms with van der Waals surface area (Å²) >= 11 is 0. The van der Waals surface area contributed by atoms with E-state index in [2.05, 4.69) is 163 Å². The molecule has 0 N–H and O–H groups in total. The van der Waals surface area contributed by atoms with E-state index >= 15 is 0 Å². The molecule has 0 saturated carbocycles. The van der Waals surface area contributed by atoms with Crippen LogP contribution in [0, 0.1) is 0 Å². The van der Waals surface area contributed by atoms with Crippen LogP contribution in [0.4, 0.5) is 0 Å². The molecule has 0 spiro atoms. The first-order valence-corrected chi connectivity index (χ1v) is 37.7. The Morgan fingerprint density at radius 3 is 0.598 bits per heavy atom. The second-order valence-corrected chi connectivity index (χ2v) is 28.5. The van der Waals surface area contributed by atoms with Crippen LogP contribution >= 0.6 is 0 Å². The summed E-state index contributed by atoms with van der Waals surface area (Å²) in [6.07, 6.45) is 55.9. The average Bonchev–Trinajstić information content (AvgIpc) is 1.61. The van der Waals surface area contributed by atoms with Crippen molar-refractivity contribution in [1.82, 2.24) is 0 Å². The molecule has 0 radical (unpaired) electrons. The van der Waals surface area contributed by atoms with Gasteiger partial charge in [0, 0.05) is 16.2 Å². The zero-order valence-electron chi connectivity index (χ0n) is 56.7. The Morgan fingerprint density at radius 2 is 0.368 bits per heavy atom. The molecule has 0 atom stereocenters. The van der Waals surface area contributed by atoms with Gasteiger partial charge in [0.2, 0.25) is 0 Å². The van der Waals surface area contributed by atoms with Crippen LogP contribution in [0.15, 0.2) is 121 Å². The Bertz CT molecular complexity index is 2760. The monoisotopic (exact) mass is 1170 g/mol. The lowest BCUT2D eigenvalue weighted by molar-refractivity contribution is 0.397. The number of hydrogen-bond acceptors (Lipinski definition) is 0. The van der Waals surface area contributed by atoms with Gasteiger partial charge >= 0.3 is 0 Å². The molecule has 0 fully saturated rings. The van der Waals surface area contributed by atoms with Crippen LogP contribution in [0.2, 0.25) is 0 Å². The summed E-state index contributed by atoms with van der Waals surface area (Å²) in [6.45, 7) is 14.1. The van der Waals surface area contributed by atoms with Crippen molar-refractivity contribution in [3.05, 3.63) is 155 Å². The van der Waals surface area contributed by atoms with E-state index in [1.807, 2.05) is 0 Å². The van der Waals surface area contributed by atoms with Crippen molar-refractivity contribution in [1.29, 1.82) is 0 Å². The molecule has 3 aliphatic rings. The van der Waals surface area contributed by atoms with E-state index in [0.717, 1.165) is 0 Å². The van der Waals surface area contributed by atoms with Gasteiger partial charge in [-0.05, 0) is 152 Å². The van der Waals surface area contributed by atoms with Crippen LogP contribution in [-0.4, -0.2) is 0 Å². The van der Waals surface area contributed by atoms with E-state index < -0.39 is 0 Å². The highest BCUT2D eigenvalue weighted by atomic mass is 14.5. The minimum Gasteiger partial charge on any atom is -0.0654 e. The van der Waals surface area contributed by atoms with Gasteiger partial charge in [-0.25, -0.2) is 0 Å². The summed E-state index contributed by atoms with van der Waals surface area (Å²) in [5, 5.41) is 0. The van der Waals surface area contributed by atoms with E-state index in [9.17, 15) is 0 Å². The van der Waals surface area contributed by atoms with Crippen LogP contribution in [0.1, 0.15) is 345 Å². The molecule has 0 unspecified atom stereocenters. The first kappa shape index (κ1) is 66.7. The fourth-order valence-electron chi connectivity index (χ4n) is 17.4. The van der Waals surface area contributed by atoms with Crippen LogP contribution in [0.5, 0.6) is 0 Å². The summed E-state index contributed by atoms with van der Waals surface area (Å²) in [5.74, 6) is 0. The molecule has 0 heteroatoms. The summed E-state index contributed by atoms with van der Waals surface area (Å²) in [5.41, 5.74) is 24.6. The number of fused-ring (bicyclic) bond motifs is 9. The van der Waals surface area contributed by atoms with Crippen molar-refractivity contribution in [2.24, 2.45) is 0 Å². The highest BCUT2D eigenvalue weighted by Crippen LogP contribution is 2.59. The van der Waals surface area contributed by atoms with Gasteiger partial charge < -0.3 is 0 Å². The maximum absolute atomic E-state index is 2.77. The fourth-order valence-corrected chi connectivity index (χ4v) is 17.4. The van der Waals surface area contributed by atoms with Crippen molar-refractivity contribution in [3.63, 3.8) is 0 Å². The fraction of sp³-hybridized carbons (Fsp3) is 0.586. The van der Waals surface area contributed by atoms with Crippen LogP contribution in [-0.2, 0) is 16.2 Å². The predicted molar refractivity (Wildman–Crippen MR) is 384 cm³/mol. The molecule has 0 aliphatic heterocycles. The summed E-state index contributed by atoms with van der Waals surface area (Å²) in [7, 11) is 0. The van der Waals surface area contributed by atoms with Crippen LogP contribution < -0.4 is 0 Å². The predicted octanol–water partition coefficient (Wildman–Crippen LogP) is 28.3. The third-order valence-corrected chi connectivity index (χ3v) is 22.3. The topological polar surface area (TPSA) is 0 Å². The van der Waals surface area contributed by atoms with Gasteiger partial charge in [-0.2, -0.15) is 0 Å². The molecule has 6 aromatic carbocycles. The molecule has 6 aromatic rings.